The van der Waals surface area contributed by atoms with Gasteiger partial charge in [0.05, 0.1) is 6.04 Å². The van der Waals surface area contributed by atoms with Crippen LogP contribution in [0.3, 0.4) is 0 Å². The molecule has 0 unspecified atom stereocenters. The van der Waals surface area contributed by atoms with Gasteiger partial charge >= 0.3 is 0 Å². The third kappa shape index (κ3) is 4.11. The van der Waals surface area contributed by atoms with Crippen LogP contribution in [-0.4, -0.2) is 52.7 Å². The lowest BCUT2D eigenvalue weighted by molar-refractivity contribution is 0.175. The van der Waals surface area contributed by atoms with Crippen LogP contribution in [0.1, 0.15) is 44.5 Å². The fourth-order valence-corrected chi connectivity index (χ4v) is 4.27. The lowest BCUT2D eigenvalue weighted by Crippen LogP contribution is -2.35. The van der Waals surface area contributed by atoms with E-state index in [0.717, 1.165) is 24.6 Å². The Balaban J connectivity index is 1.36. The van der Waals surface area contributed by atoms with Crippen LogP contribution in [0.2, 0.25) is 5.02 Å². The number of benzene rings is 1. The van der Waals surface area contributed by atoms with Crippen LogP contribution in [0, 0.1) is 5.92 Å². The third-order valence-corrected chi connectivity index (χ3v) is 5.98. The number of nitrogens with zero attached hydrogens (tertiary/aromatic N) is 4. The lowest BCUT2D eigenvalue weighted by Gasteiger charge is -2.29. The average Bonchev–Trinajstić information content (AvgIpc) is 3.33. The van der Waals surface area contributed by atoms with E-state index in [-0.39, 0.29) is 6.04 Å². The Kier molecular flexibility index (Phi) is 5.57. The first-order valence-electron chi connectivity index (χ1n) is 9.75. The van der Waals surface area contributed by atoms with Gasteiger partial charge in [-0.2, -0.15) is 4.98 Å². The van der Waals surface area contributed by atoms with Crippen molar-refractivity contribution in [3.63, 3.8) is 0 Å². The zero-order valence-corrected chi connectivity index (χ0v) is 16.2. The molecule has 2 aliphatic rings. The molecule has 0 N–H and O–H groups in total. The summed E-state index contributed by atoms with van der Waals surface area (Å²) >= 11 is 5.95. The molecular formula is C20H27ClN4O. The number of halogens is 1. The van der Waals surface area contributed by atoms with Crippen molar-refractivity contribution in [2.24, 2.45) is 5.92 Å². The molecule has 0 spiro atoms. The second-order valence-electron chi connectivity index (χ2n) is 7.65. The van der Waals surface area contributed by atoms with E-state index in [2.05, 4.69) is 26.9 Å². The van der Waals surface area contributed by atoms with Crippen LogP contribution < -0.4 is 0 Å². The van der Waals surface area contributed by atoms with Crippen LogP contribution >= 0.6 is 11.6 Å². The van der Waals surface area contributed by atoms with Crippen LogP contribution in [0.25, 0.3) is 11.4 Å². The van der Waals surface area contributed by atoms with Gasteiger partial charge in [0, 0.05) is 23.7 Å². The second kappa shape index (κ2) is 8.07. The van der Waals surface area contributed by atoms with Gasteiger partial charge < -0.3 is 9.42 Å². The predicted molar refractivity (Wildman–Crippen MR) is 103 cm³/mol. The van der Waals surface area contributed by atoms with E-state index in [1.165, 1.54) is 45.3 Å². The topological polar surface area (TPSA) is 45.4 Å². The maximum Gasteiger partial charge on any atom is 0.244 e. The van der Waals surface area contributed by atoms with Gasteiger partial charge in [-0.15, -0.1) is 0 Å². The summed E-state index contributed by atoms with van der Waals surface area (Å²) in [5, 5.41) is 4.87. The molecule has 2 aromatic rings. The van der Waals surface area contributed by atoms with Gasteiger partial charge in [0.2, 0.25) is 11.7 Å². The summed E-state index contributed by atoms with van der Waals surface area (Å²) in [6.45, 7) is 8.19. The second-order valence-corrected chi connectivity index (χ2v) is 8.09. The Bertz CT molecular complexity index is 711. The largest absolute Gasteiger partial charge is 0.337 e. The first-order valence-corrected chi connectivity index (χ1v) is 10.1. The molecule has 4 rings (SSSR count). The zero-order chi connectivity index (χ0) is 17.9. The average molecular weight is 375 g/mol. The summed E-state index contributed by atoms with van der Waals surface area (Å²) in [7, 11) is 0. The van der Waals surface area contributed by atoms with Gasteiger partial charge in [-0.25, -0.2) is 0 Å². The summed E-state index contributed by atoms with van der Waals surface area (Å²) in [5.41, 5.74) is 0.931. The molecule has 0 saturated carbocycles. The Morgan fingerprint density at radius 2 is 1.92 bits per heavy atom. The monoisotopic (exact) mass is 374 g/mol. The van der Waals surface area contributed by atoms with Crippen molar-refractivity contribution in [1.29, 1.82) is 0 Å². The van der Waals surface area contributed by atoms with E-state index in [1.54, 1.807) is 0 Å². The number of piperidine rings is 1. The van der Waals surface area contributed by atoms with Crippen LogP contribution in [0.4, 0.5) is 0 Å². The highest BCUT2D eigenvalue weighted by Crippen LogP contribution is 2.29. The van der Waals surface area contributed by atoms with Gasteiger partial charge in [-0.05, 0) is 76.0 Å². The van der Waals surface area contributed by atoms with E-state index < -0.39 is 0 Å². The molecule has 1 aromatic heterocycles. The van der Waals surface area contributed by atoms with E-state index >= 15 is 0 Å². The minimum absolute atomic E-state index is 0.162. The van der Waals surface area contributed by atoms with Crippen molar-refractivity contribution < 1.29 is 4.52 Å². The molecule has 3 heterocycles. The highest BCUT2D eigenvalue weighted by atomic mass is 35.5. The minimum Gasteiger partial charge on any atom is -0.337 e. The standard InChI is InChI=1S/C20H27ClN4O/c1-15(20-22-19(23-26-20)17-5-7-18(21)8-6-17)25-12-9-16(14-25)13-24-10-3-2-4-11-24/h5-8,15-16H,2-4,9-14H2,1H3/t15-,16+/m0/s1. The van der Waals surface area contributed by atoms with Gasteiger partial charge in [0.1, 0.15) is 0 Å². The smallest absolute Gasteiger partial charge is 0.244 e. The summed E-state index contributed by atoms with van der Waals surface area (Å²) < 4.78 is 5.56. The zero-order valence-electron chi connectivity index (χ0n) is 15.4. The summed E-state index contributed by atoms with van der Waals surface area (Å²) in [6, 6.07) is 7.71. The summed E-state index contributed by atoms with van der Waals surface area (Å²) in [4.78, 5) is 9.75. The fourth-order valence-electron chi connectivity index (χ4n) is 4.15. The highest BCUT2D eigenvalue weighted by Gasteiger charge is 2.30. The van der Waals surface area contributed by atoms with Crippen LogP contribution in [-0.2, 0) is 0 Å². The van der Waals surface area contributed by atoms with Gasteiger partial charge in [0.15, 0.2) is 0 Å². The van der Waals surface area contributed by atoms with Crippen molar-refractivity contribution >= 4 is 11.6 Å². The van der Waals surface area contributed by atoms with Crippen molar-refractivity contribution in [3.05, 3.63) is 35.2 Å². The van der Waals surface area contributed by atoms with Crippen molar-refractivity contribution in [2.75, 3.05) is 32.7 Å². The van der Waals surface area contributed by atoms with Crippen molar-refractivity contribution in [3.8, 4) is 11.4 Å². The van der Waals surface area contributed by atoms with Crippen molar-refractivity contribution in [2.45, 2.75) is 38.6 Å². The number of aromatic nitrogens is 2. The normalized spacial score (nSPS) is 23.4. The molecule has 0 radical (unpaired) electrons. The van der Waals surface area contributed by atoms with Crippen molar-refractivity contribution in [1.82, 2.24) is 19.9 Å². The summed E-state index contributed by atoms with van der Waals surface area (Å²) in [5.74, 6) is 2.09. The molecule has 0 amide bonds. The minimum atomic E-state index is 0.162. The molecule has 1 aromatic carbocycles. The molecule has 2 saturated heterocycles. The molecule has 0 bridgehead atoms. The molecule has 140 valence electrons. The quantitative estimate of drug-likeness (QED) is 0.782. The Hall–Kier alpha value is -1.43. The molecular weight excluding hydrogens is 348 g/mol. The van der Waals surface area contributed by atoms with Gasteiger partial charge in [-0.1, -0.05) is 23.2 Å². The first-order chi connectivity index (χ1) is 12.7. The molecule has 6 heteroatoms. The number of hydrogen-bond donors (Lipinski definition) is 0. The fraction of sp³-hybridized carbons (Fsp3) is 0.600. The van der Waals surface area contributed by atoms with E-state index in [0.29, 0.717) is 16.7 Å². The van der Waals surface area contributed by atoms with E-state index in [4.69, 9.17) is 16.1 Å². The number of likely N-dealkylation sites (tertiary alicyclic amines) is 2. The van der Waals surface area contributed by atoms with Gasteiger partial charge in [-0.3, -0.25) is 4.90 Å². The molecule has 2 fully saturated rings. The van der Waals surface area contributed by atoms with E-state index in [9.17, 15) is 0 Å². The molecule has 2 atom stereocenters. The lowest BCUT2D eigenvalue weighted by atomic mass is 10.1. The predicted octanol–water partition coefficient (Wildman–Crippen LogP) is 4.26. The van der Waals surface area contributed by atoms with Crippen LogP contribution in [0.5, 0.6) is 0 Å². The molecule has 0 aliphatic carbocycles. The number of hydrogen-bond acceptors (Lipinski definition) is 5. The molecule has 5 nitrogen and oxygen atoms in total. The summed E-state index contributed by atoms with van der Waals surface area (Å²) in [6.07, 6.45) is 5.39. The maximum absolute atomic E-state index is 5.95. The molecule has 2 aliphatic heterocycles. The van der Waals surface area contributed by atoms with Crippen LogP contribution in [0.15, 0.2) is 28.8 Å². The van der Waals surface area contributed by atoms with Gasteiger partial charge in [0.25, 0.3) is 0 Å². The Morgan fingerprint density at radius 3 is 2.69 bits per heavy atom. The SMILES string of the molecule is C[C@@H](c1nc(-c2ccc(Cl)cc2)no1)N1CC[C@H](CN2CCCCC2)C1. The number of rotatable bonds is 5. The molecule has 26 heavy (non-hydrogen) atoms. The Labute approximate surface area is 160 Å². The van der Waals surface area contributed by atoms with E-state index in [1.807, 2.05) is 24.3 Å². The first kappa shape index (κ1) is 18.0. The maximum atomic E-state index is 5.95. The Morgan fingerprint density at radius 1 is 1.15 bits per heavy atom. The highest BCUT2D eigenvalue weighted by molar-refractivity contribution is 6.30. The third-order valence-electron chi connectivity index (χ3n) is 5.73.